The number of rotatable bonds is 5. The second-order valence-corrected chi connectivity index (χ2v) is 13.3. The molecule has 11 rings (SSSR count). The average molecular weight is 680 g/mol. The molecule has 248 valence electrons. The topological polar surface area (TPSA) is 56.7 Å². The van der Waals surface area contributed by atoms with Gasteiger partial charge in [0.15, 0.2) is 0 Å². The molecule has 0 atom stereocenters. The number of aromatic nitrogens is 5. The number of fused-ring (bicyclic) bond motifs is 12. The minimum absolute atomic E-state index is 0.726. The molecule has 5 heterocycles. The summed E-state index contributed by atoms with van der Waals surface area (Å²) in [5.41, 5.74) is 10.4. The van der Waals surface area contributed by atoms with Crippen LogP contribution in [0.5, 0.6) is 11.5 Å². The summed E-state index contributed by atoms with van der Waals surface area (Å²) in [6.45, 7) is 0. The highest BCUT2D eigenvalue weighted by Gasteiger charge is 2.19. The number of imidazole rings is 2. The van der Waals surface area contributed by atoms with Crippen molar-refractivity contribution in [2.45, 2.75) is 0 Å². The van der Waals surface area contributed by atoms with Gasteiger partial charge in [-0.05, 0) is 88.1 Å². The minimum Gasteiger partial charge on any atom is -0.457 e. The van der Waals surface area contributed by atoms with Crippen molar-refractivity contribution in [1.82, 2.24) is 23.8 Å². The minimum atomic E-state index is 0.726. The fourth-order valence-corrected chi connectivity index (χ4v) is 7.92. The molecule has 0 bridgehead atoms. The van der Waals surface area contributed by atoms with Gasteiger partial charge in [0.25, 0.3) is 0 Å². The van der Waals surface area contributed by atoms with E-state index in [9.17, 15) is 0 Å². The van der Waals surface area contributed by atoms with Crippen LogP contribution in [-0.4, -0.2) is 23.8 Å². The standard InChI is InChI=1S/C47H29N5O/c1-4-11-30(12-5-1)33-25-39(31-13-6-2-7-14-31)44-40(26-33)37-21-19-34(27-41(37)45-49-23-24-51(44)45)53-35-18-20-36-38-17-10-22-48-46(38)52-43(32-15-8-3-9-16-32)29-50-47(52)42(36)28-35/h1-29H. The Morgan fingerprint density at radius 1 is 0.415 bits per heavy atom. The van der Waals surface area contributed by atoms with Crippen LogP contribution >= 0.6 is 0 Å². The van der Waals surface area contributed by atoms with Crippen molar-refractivity contribution >= 4 is 54.8 Å². The molecule has 0 saturated carbocycles. The van der Waals surface area contributed by atoms with Gasteiger partial charge in [0.05, 0.1) is 17.4 Å². The lowest BCUT2D eigenvalue weighted by Gasteiger charge is -2.16. The number of hydrogen-bond donors (Lipinski definition) is 0. The Hall–Kier alpha value is -7.31. The Labute approximate surface area is 303 Å². The Kier molecular flexibility index (Phi) is 6.45. The molecule has 0 aliphatic carbocycles. The Balaban J connectivity index is 1.09. The second-order valence-electron chi connectivity index (χ2n) is 13.3. The van der Waals surface area contributed by atoms with Crippen LogP contribution < -0.4 is 4.74 Å². The number of hydrogen-bond acceptors (Lipinski definition) is 4. The summed E-state index contributed by atoms with van der Waals surface area (Å²) >= 11 is 0. The summed E-state index contributed by atoms with van der Waals surface area (Å²) < 4.78 is 11.0. The zero-order valence-electron chi connectivity index (χ0n) is 28.4. The van der Waals surface area contributed by atoms with Crippen molar-refractivity contribution in [2.24, 2.45) is 0 Å². The predicted molar refractivity (Wildman–Crippen MR) is 215 cm³/mol. The lowest BCUT2D eigenvalue weighted by atomic mass is 9.93. The Bertz CT molecular complexity index is 3190. The first-order valence-corrected chi connectivity index (χ1v) is 17.7. The van der Waals surface area contributed by atoms with Crippen molar-refractivity contribution < 1.29 is 4.74 Å². The summed E-state index contributed by atoms with van der Waals surface area (Å²) in [5.74, 6) is 1.46. The van der Waals surface area contributed by atoms with Gasteiger partial charge in [-0.25, -0.2) is 15.0 Å². The number of ether oxygens (including phenoxy) is 1. The first kappa shape index (κ1) is 29.4. The maximum atomic E-state index is 6.68. The van der Waals surface area contributed by atoms with Gasteiger partial charge in [0.1, 0.15) is 28.4 Å². The van der Waals surface area contributed by atoms with E-state index in [1.165, 1.54) is 5.56 Å². The summed E-state index contributed by atoms with van der Waals surface area (Å²) in [4.78, 5) is 14.6. The highest BCUT2D eigenvalue weighted by atomic mass is 16.5. The maximum Gasteiger partial charge on any atom is 0.146 e. The van der Waals surface area contributed by atoms with Crippen LogP contribution in [0.3, 0.4) is 0 Å². The van der Waals surface area contributed by atoms with E-state index in [4.69, 9.17) is 19.7 Å². The van der Waals surface area contributed by atoms with Gasteiger partial charge >= 0.3 is 0 Å². The van der Waals surface area contributed by atoms with Crippen LogP contribution in [0.2, 0.25) is 0 Å². The van der Waals surface area contributed by atoms with E-state index in [-0.39, 0.29) is 0 Å². The molecule has 0 aliphatic rings. The molecule has 6 heteroatoms. The van der Waals surface area contributed by atoms with Gasteiger partial charge in [-0.15, -0.1) is 0 Å². The van der Waals surface area contributed by atoms with E-state index in [0.29, 0.717) is 0 Å². The molecular weight excluding hydrogens is 651 g/mol. The molecule has 5 aromatic heterocycles. The summed E-state index contributed by atoms with van der Waals surface area (Å²) in [6.07, 6.45) is 7.71. The maximum absolute atomic E-state index is 6.68. The molecule has 0 unspecified atom stereocenters. The van der Waals surface area contributed by atoms with Crippen LogP contribution in [0.1, 0.15) is 0 Å². The zero-order chi connectivity index (χ0) is 34.9. The van der Waals surface area contributed by atoms with Crippen LogP contribution in [0.25, 0.3) is 88.3 Å². The van der Waals surface area contributed by atoms with E-state index in [2.05, 4.69) is 136 Å². The van der Waals surface area contributed by atoms with Crippen LogP contribution in [0.15, 0.2) is 176 Å². The normalized spacial score (nSPS) is 11.8. The van der Waals surface area contributed by atoms with Crippen molar-refractivity contribution in [3.63, 3.8) is 0 Å². The number of benzene rings is 6. The third kappa shape index (κ3) is 4.63. The van der Waals surface area contributed by atoms with Crippen LogP contribution in [0, 0.1) is 0 Å². The molecule has 53 heavy (non-hydrogen) atoms. The quantitative estimate of drug-likeness (QED) is 0.170. The number of nitrogens with zero attached hydrogens (tertiary/aromatic N) is 5. The first-order valence-electron chi connectivity index (χ1n) is 17.7. The Morgan fingerprint density at radius 3 is 1.77 bits per heavy atom. The molecular formula is C47H29N5O. The summed E-state index contributed by atoms with van der Waals surface area (Å²) in [6, 6.07) is 52.8. The first-order chi connectivity index (χ1) is 26.3. The largest absolute Gasteiger partial charge is 0.457 e. The van der Waals surface area contributed by atoms with E-state index >= 15 is 0 Å². The zero-order valence-corrected chi connectivity index (χ0v) is 28.4. The lowest BCUT2D eigenvalue weighted by molar-refractivity contribution is 0.484. The fourth-order valence-electron chi connectivity index (χ4n) is 7.92. The van der Waals surface area contributed by atoms with E-state index in [1.807, 2.05) is 48.9 Å². The van der Waals surface area contributed by atoms with Crippen molar-refractivity contribution in [3.8, 4) is 45.0 Å². The molecule has 0 saturated heterocycles. The summed E-state index contributed by atoms with van der Waals surface area (Å²) in [7, 11) is 0. The van der Waals surface area contributed by atoms with E-state index < -0.39 is 0 Å². The lowest BCUT2D eigenvalue weighted by Crippen LogP contribution is -1.96. The van der Waals surface area contributed by atoms with Gasteiger partial charge in [-0.2, -0.15) is 0 Å². The fraction of sp³-hybridized carbons (Fsp3) is 0. The molecule has 0 spiro atoms. The van der Waals surface area contributed by atoms with Crippen molar-refractivity contribution in [1.29, 1.82) is 0 Å². The van der Waals surface area contributed by atoms with Gasteiger partial charge in [-0.3, -0.25) is 8.80 Å². The summed E-state index contributed by atoms with van der Waals surface area (Å²) in [5, 5.41) is 6.41. The van der Waals surface area contributed by atoms with Crippen molar-refractivity contribution in [3.05, 3.63) is 176 Å². The molecule has 0 fully saturated rings. The number of pyridine rings is 3. The van der Waals surface area contributed by atoms with Crippen LogP contribution in [-0.2, 0) is 0 Å². The van der Waals surface area contributed by atoms with Gasteiger partial charge in [0.2, 0.25) is 0 Å². The van der Waals surface area contributed by atoms with Crippen molar-refractivity contribution in [2.75, 3.05) is 0 Å². The molecule has 0 radical (unpaired) electrons. The highest BCUT2D eigenvalue weighted by molar-refractivity contribution is 6.16. The van der Waals surface area contributed by atoms with Gasteiger partial charge in [-0.1, -0.05) is 91.0 Å². The second kappa shape index (κ2) is 11.6. The van der Waals surface area contributed by atoms with E-state index in [0.717, 1.165) is 94.2 Å². The third-order valence-corrected chi connectivity index (χ3v) is 10.3. The molecule has 0 amide bonds. The predicted octanol–water partition coefficient (Wildman–Crippen LogP) is 11.8. The molecule has 6 aromatic carbocycles. The monoisotopic (exact) mass is 679 g/mol. The average Bonchev–Trinajstić information content (AvgIpc) is 3.91. The van der Waals surface area contributed by atoms with E-state index in [1.54, 1.807) is 0 Å². The Morgan fingerprint density at radius 2 is 1.04 bits per heavy atom. The highest BCUT2D eigenvalue weighted by Crippen LogP contribution is 2.41. The van der Waals surface area contributed by atoms with Gasteiger partial charge < -0.3 is 4.74 Å². The third-order valence-electron chi connectivity index (χ3n) is 10.3. The van der Waals surface area contributed by atoms with Gasteiger partial charge in [0, 0.05) is 51.3 Å². The van der Waals surface area contributed by atoms with Crippen LogP contribution in [0.4, 0.5) is 0 Å². The molecule has 6 nitrogen and oxygen atoms in total. The molecule has 0 aliphatic heterocycles. The smallest absolute Gasteiger partial charge is 0.146 e. The molecule has 0 N–H and O–H groups in total. The SMILES string of the molecule is c1ccc(-c2cc(-c3ccccc3)c3c(c2)c2ccc(Oc4ccc5c6cccnc6n6c(-c7ccccc7)cnc6c5c4)cc2c2nccn23)cc1. The molecule has 11 aromatic rings.